The number of fused-ring (bicyclic) bond motifs is 5. The molecule has 0 spiro atoms. The number of carbonyl (C=O) groups is 3. The van der Waals surface area contributed by atoms with E-state index in [1.165, 1.54) is 37.5 Å². The highest BCUT2D eigenvalue weighted by atomic mass is 16.4. The smallest absolute Gasteiger partial charge is 0.339 e. The lowest BCUT2D eigenvalue weighted by molar-refractivity contribution is -0.246. The maximum Gasteiger partial charge on any atom is 0.339 e. The van der Waals surface area contributed by atoms with Gasteiger partial charge < -0.3 is 26.0 Å². The number of hydrogen-bond donors (Lipinski definition) is 5. The molecule has 8 unspecified atom stereocenters. The molecule has 4 fully saturated rings. The third kappa shape index (κ3) is 5.88. The molecule has 278 valence electrons. The number of aliphatic hydroxyl groups is 1. The van der Waals surface area contributed by atoms with Gasteiger partial charge in [-0.1, -0.05) is 67.0 Å². The molecule has 0 heterocycles. The van der Waals surface area contributed by atoms with E-state index < -0.39 is 17.3 Å². The zero-order valence-corrected chi connectivity index (χ0v) is 31.8. The second kappa shape index (κ2) is 13.2. The molecule has 0 bridgehead atoms. The van der Waals surface area contributed by atoms with Crippen LogP contribution in [-0.2, 0) is 11.3 Å². The van der Waals surface area contributed by atoms with Crippen LogP contribution in [0.5, 0.6) is 5.75 Å². The van der Waals surface area contributed by atoms with E-state index in [0.717, 1.165) is 50.5 Å². The first-order chi connectivity index (χ1) is 23.9. The van der Waals surface area contributed by atoms with E-state index in [-0.39, 0.29) is 56.6 Å². The lowest BCUT2D eigenvalue weighted by Gasteiger charge is -2.72. The summed E-state index contributed by atoms with van der Waals surface area (Å²) in [5.41, 5.74) is 1.22. The predicted octanol–water partition coefficient (Wildman–Crippen LogP) is 8.81. The second-order valence-electron chi connectivity index (χ2n) is 18.1. The van der Waals surface area contributed by atoms with Crippen molar-refractivity contribution in [1.82, 2.24) is 5.32 Å². The van der Waals surface area contributed by atoms with Crippen LogP contribution in [0.25, 0.3) is 0 Å². The Labute approximate surface area is 304 Å². The molecule has 0 radical (unpaired) electrons. The van der Waals surface area contributed by atoms with Crippen molar-refractivity contribution in [3.8, 4) is 5.75 Å². The Morgan fingerprint density at radius 1 is 0.863 bits per heavy atom. The maximum absolute atomic E-state index is 14.5. The topological polar surface area (TPSA) is 136 Å². The summed E-state index contributed by atoms with van der Waals surface area (Å²) in [5.74, 6) is -0.105. The summed E-state index contributed by atoms with van der Waals surface area (Å²) in [5, 5.41) is 36.2. The zero-order chi connectivity index (χ0) is 37.1. The van der Waals surface area contributed by atoms with Gasteiger partial charge in [-0.3, -0.25) is 9.59 Å². The number of phenols is 1. The fourth-order valence-corrected chi connectivity index (χ4v) is 12.7. The van der Waals surface area contributed by atoms with E-state index in [9.17, 15) is 29.7 Å². The fourth-order valence-electron chi connectivity index (χ4n) is 12.7. The molecular formula is C43H60N2O6. The molecule has 8 nitrogen and oxygen atoms in total. The van der Waals surface area contributed by atoms with E-state index in [2.05, 4.69) is 59.1 Å². The molecule has 4 aliphatic rings. The summed E-state index contributed by atoms with van der Waals surface area (Å²) in [4.78, 5) is 39.0. The van der Waals surface area contributed by atoms with Crippen LogP contribution in [0.2, 0.25) is 0 Å². The lowest BCUT2D eigenvalue weighted by Crippen LogP contribution is -2.67. The van der Waals surface area contributed by atoms with Crippen molar-refractivity contribution in [2.24, 2.45) is 50.7 Å². The van der Waals surface area contributed by atoms with Gasteiger partial charge in [-0.15, -0.1) is 0 Å². The molecule has 0 aliphatic heterocycles. The second-order valence-corrected chi connectivity index (χ2v) is 18.1. The van der Waals surface area contributed by atoms with Crippen LogP contribution in [0.4, 0.5) is 5.69 Å². The molecule has 6 rings (SSSR count). The number of hydrogen-bond acceptors (Lipinski definition) is 5. The Hall–Kier alpha value is -3.39. The molecule has 8 heteroatoms. The summed E-state index contributed by atoms with van der Waals surface area (Å²) in [6, 6.07) is 11.0. The Balaban J connectivity index is 1.17. The molecule has 4 aliphatic carbocycles. The number of aliphatic hydroxyl groups excluding tert-OH is 1. The van der Waals surface area contributed by atoms with Crippen molar-refractivity contribution < 1.29 is 29.7 Å². The third-order valence-electron chi connectivity index (χ3n) is 15.8. The van der Waals surface area contributed by atoms with Gasteiger partial charge in [0.05, 0.1) is 11.5 Å². The molecule has 9 atom stereocenters. The normalized spacial score (nSPS) is 36.9. The van der Waals surface area contributed by atoms with Crippen LogP contribution in [0.1, 0.15) is 139 Å². The molecule has 5 N–H and O–H groups in total. The number of nitrogens with one attached hydrogen (secondary N) is 2. The molecule has 0 saturated heterocycles. The molecular weight excluding hydrogens is 640 g/mol. The van der Waals surface area contributed by atoms with Crippen LogP contribution in [-0.4, -0.2) is 39.2 Å². The average molecular weight is 701 g/mol. The highest BCUT2D eigenvalue weighted by Crippen LogP contribution is 2.75. The van der Waals surface area contributed by atoms with Crippen molar-refractivity contribution in [2.75, 3.05) is 5.32 Å². The van der Waals surface area contributed by atoms with Gasteiger partial charge in [-0.05, 0) is 139 Å². The summed E-state index contributed by atoms with van der Waals surface area (Å²) in [6.45, 7) is 17.2. The van der Waals surface area contributed by atoms with Crippen LogP contribution >= 0.6 is 0 Å². The highest BCUT2D eigenvalue weighted by Gasteiger charge is 2.69. The number of rotatable bonds is 8. The van der Waals surface area contributed by atoms with Gasteiger partial charge in [0.2, 0.25) is 5.91 Å². The Morgan fingerprint density at radius 2 is 1.61 bits per heavy atom. The number of amides is 2. The number of benzene rings is 2. The first-order valence-electron chi connectivity index (χ1n) is 19.4. The molecule has 4 saturated carbocycles. The molecule has 2 amide bonds. The average Bonchev–Trinajstić information content (AvgIpc) is 3.08. The number of aromatic hydroxyl groups is 1. The van der Waals surface area contributed by atoms with Gasteiger partial charge in [-0.25, -0.2) is 4.79 Å². The van der Waals surface area contributed by atoms with Crippen molar-refractivity contribution in [1.29, 1.82) is 0 Å². The number of carboxylic acid groups (broad SMARTS) is 1. The molecule has 2 aromatic rings. The van der Waals surface area contributed by atoms with E-state index in [0.29, 0.717) is 29.9 Å². The molecule has 2 aromatic carbocycles. The maximum atomic E-state index is 14.5. The van der Waals surface area contributed by atoms with Crippen LogP contribution in [0.3, 0.4) is 0 Å². The summed E-state index contributed by atoms with van der Waals surface area (Å²) in [6.07, 6.45) is 10.2. The van der Waals surface area contributed by atoms with E-state index in [1.54, 1.807) is 18.2 Å². The number of carboxylic acids is 1. The van der Waals surface area contributed by atoms with Crippen LogP contribution in [0, 0.1) is 50.7 Å². The summed E-state index contributed by atoms with van der Waals surface area (Å²) in [7, 11) is 0. The lowest BCUT2D eigenvalue weighted by atomic mass is 9.32. The SMILES string of the molecule is CCCC1(C(=O)NCc2cccc(C(=O)Nc3ccc(O)c(C(=O)O)c3)c2)CC[C@]2(C)C(CCC3C4(C)CCC(O)C(C)(C)C4CCC32C)C1C. The fraction of sp³-hybridized carbons (Fsp3) is 0.651. The number of carbonyl (C=O) groups excluding carboxylic acids is 2. The minimum atomic E-state index is -1.28. The minimum absolute atomic E-state index is 0.0671. The van der Waals surface area contributed by atoms with E-state index in [1.807, 2.05) is 6.07 Å². The quantitative estimate of drug-likeness (QED) is 0.175. The Bertz CT molecular complexity index is 1690. The Kier molecular flexibility index (Phi) is 9.69. The van der Waals surface area contributed by atoms with Gasteiger partial charge in [-0.2, -0.15) is 0 Å². The largest absolute Gasteiger partial charge is 0.507 e. The van der Waals surface area contributed by atoms with Crippen molar-refractivity contribution in [2.45, 2.75) is 125 Å². The summed E-state index contributed by atoms with van der Waals surface area (Å²) < 4.78 is 0. The van der Waals surface area contributed by atoms with E-state index in [4.69, 9.17) is 0 Å². The van der Waals surface area contributed by atoms with Crippen LogP contribution in [0.15, 0.2) is 42.5 Å². The first kappa shape index (κ1) is 37.4. The van der Waals surface area contributed by atoms with Gasteiger partial charge in [0.15, 0.2) is 0 Å². The highest BCUT2D eigenvalue weighted by molar-refractivity contribution is 6.05. The third-order valence-corrected chi connectivity index (χ3v) is 15.8. The Morgan fingerprint density at radius 3 is 2.31 bits per heavy atom. The van der Waals surface area contributed by atoms with Crippen molar-refractivity contribution >= 4 is 23.5 Å². The predicted molar refractivity (Wildman–Crippen MR) is 199 cm³/mol. The minimum Gasteiger partial charge on any atom is -0.507 e. The van der Waals surface area contributed by atoms with E-state index >= 15 is 0 Å². The van der Waals surface area contributed by atoms with Gasteiger partial charge in [0.25, 0.3) is 5.91 Å². The molecule has 0 aromatic heterocycles. The van der Waals surface area contributed by atoms with Gasteiger partial charge in [0.1, 0.15) is 11.3 Å². The van der Waals surface area contributed by atoms with Crippen molar-refractivity contribution in [3.05, 3.63) is 59.2 Å². The number of aromatic carboxylic acids is 1. The first-order valence-corrected chi connectivity index (χ1v) is 19.4. The summed E-state index contributed by atoms with van der Waals surface area (Å²) >= 11 is 0. The molecule has 51 heavy (non-hydrogen) atoms. The zero-order valence-electron chi connectivity index (χ0n) is 31.8. The van der Waals surface area contributed by atoms with Crippen LogP contribution < -0.4 is 10.6 Å². The monoisotopic (exact) mass is 700 g/mol. The standard InChI is InChI=1S/C43H60N2O6/c1-8-18-43(38(51)44-25-27-10-9-11-28(23-27)36(48)45-29-12-14-32(46)30(24-29)37(49)50)22-21-41(6)31(26(43)2)13-15-34-40(5)19-17-35(47)39(3,4)33(40)16-20-42(34,41)7/h9-12,14,23-24,26,31,33-35,46-47H,8,13,15-22,25H2,1-7H3,(H,44,51)(H,45,48)(H,49,50)/t26?,31?,33?,34?,35?,40?,41-,42?,43?/m1/s1. The number of anilines is 1. The van der Waals surface area contributed by atoms with Gasteiger partial charge >= 0.3 is 5.97 Å². The van der Waals surface area contributed by atoms with Gasteiger partial charge in [0, 0.05) is 17.8 Å². The van der Waals surface area contributed by atoms with Crippen molar-refractivity contribution in [3.63, 3.8) is 0 Å².